The number of carbonyl (C=O) groups is 1. The highest BCUT2D eigenvalue weighted by atomic mass is 31.1. The summed E-state index contributed by atoms with van der Waals surface area (Å²) in [5, 5.41) is 1.17. The van der Waals surface area contributed by atoms with Gasteiger partial charge in [-0.2, -0.15) is 0 Å². The van der Waals surface area contributed by atoms with Gasteiger partial charge in [0.2, 0.25) is 0 Å². The lowest BCUT2D eigenvalue weighted by Gasteiger charge is -2.22. The Morgan fingerprint density at radius 3 is 1.95 bits per heavy atom. The minimum atomic E-state index is -0.833. The SMILES string of the molecule is Cc1cc(C)c(C(=O)P(c2ccccc2)C(C)C)c(C)c1. The molecule has 110 valence electrons. The second kappa shape index (κ2) is 6.54. The quantitative estimate of drug-likeness (QED) is 0.728. The maximum atomic E-state index is 13.2. The normalized spacial score (nSPS) is 12.5. The fraction of sp³-hybridized carbons (Fsp3) is 0.316. The van der Waals surface area contributed by atoms with Gasteiger partial charge in [-0.05, 0) is 42.9 Å². The summed E-state index contributed by atoms with van der Waals surface area (Å²) in [7, 11) is -0.833. The van der Waals surface area contributed by atoms with E-state index in [-0.39, 0.29) is 0 Å². The largest absolute Gasteiger partial charge is 0.289 e. The monoisotopic (exact) mass is 298 g/mol. The van der Waals surface area contributed by atoms with Gasteiger partial charge < -0.3 is 0 Å². The molecule has 0 aliphatic carbocycles. The molecule has 0 saturated heterocycles. The standard InChI is InChI=1S/C19H23OP/c1-13(2)21(17-9-7-6-8-10-17)19(20)18-15(4)11-14(3)12-16(18)5/h6-13H,1-5H3. The van der Waals surface area contributed by atoms with Gasteiger partial charge in [-0.25, -0.2) is 0 Å². The topological polar surface area (TPSA) is 17.1 Å². The van der Waals surface area contributed by atoms with Gasteiger partial charge in [-0.1, -0.05) is 61.9 Å². The molecule has 1 nitrogen and oxygen atoms in total. The summed E-state index contributed by atoms with van der Waals surface area (Å²) in [5.41, 5.74) is 4.98. The van der Waals surface area contributed by atoms with Crippen molar-refractivity contribution in [1.29, 1.82) is 0 Å². The molecule has 0 amide bonds. The maximum Gasteiger partial charge on any atom is 0.189 e. The lowest BCUT2D eigenvalue weighted by atomic mass is 10.0. The lowest BCUT2D eigenvalue weighted by Crippen LogP contribution is -2.17. The molecule has 0 radical (unpaired) electrons. The first kappa shape index (κ1) is 15.9. The number of carbonyl (C=O) groups excluding carboxylic acids is 1. The summed E-state index contributed by atoms with van der Waals surface area (Å²) in [6.45, 7) is 10.5. The van der Waals surface area contributed by atoms with Gasteiger partial charge in [-0.3, -0.25) is 4.79 Å². The second-order valence-corrected chi connectivity index (χ2v) is 8.57. The first-order valence-corrected chi connectivity index (χ1v) is 8.79. The minimum absolute atomic E-state index is 0.307. The number of benzene rings is 2. The predicted molar refractivity (Wildman–Crippen MR) is 93.1 cm³/mol. The molecule has 0 heterocycles. The Morgan fingerprint density at radius 2 is 1.48 bits per heavy atom. The highest BCUT2D eigenvalue weighted by Crippen LogP contribution is 2.44. The third-order valence-electron chi connectivity index (χ3n) is 3.66. The molecule has 0 aromatic heterocycles. The molecule has 0 bridgehead atoms. The van der Waals surface area contributed by atoms with Crippen LogP contribution in [-0.4, -0.2) is 11.2 Å². The third-order valence-corrected chi connectivity index (χ3v) is 6.21. The molecular formula is C19H23OP. The molecule has 0 aliphatic heterocycles. The number of hydrogen-bond acceptors (Lipinski definition) is 1. The van der Waals surface area contributed by atoms with Crippen molar-refractivity contribution < 1.29 is 4.79 Å². The molecule has 0 spiro atoms. The van der Waals surface area contributed by atoms with E-state index in [2.05, 4.69) is 45.0 Å². The molecule has 2 heteroatoms. The van der Waals surface area contributed by atoms with Gasteiger partial charge in [0, 0.05) is 13.5 Å². The first-order valence-electron chi connectivity index (χ1n) is 7.38. The van der Waals surface area contributed by atoms with Crippen LogP contribution in [0.5, 0.6) is 0 Å². The molecule has 0 N–H and O–H groups in total. The molecule has 2 aromatic rings. The van der Waals surface area contributed by atoms with Gasteiger partial charge in [-0.15, -0.1) is 0 Å². The lowest BCUT2D eigenvalue weighted by molar-refractivity contribution is 0.108. The third kappa shape index (κ3) is 3.41. The average Bonchev–Trinajstić information content (AvgIpc) is 2.38. The van der Waals surface area contributed by atoms with Crippen molar-refractivity contribution in [2.24, 2.45) is 0 Å². The van der Waals surface area contributed by atoms with Crippen molar-refractivity contribution in [2.45, 2.75) is 40.3 Å². The minimum Gasteiger partial charge on any atom is -0.289 e. The molecule has 0 aliphatic rings. The van der Waals surface area contributed by atoms with E-state index in [0.717, 1.165) is 16.7 Å². The molecule has 0 fully saturated rings. The van der Waals surface area contributed by atoms with E-state index in [1.54, 1.807) is 0 Å². The van der Waals surface area contributed by atoms with Crippen molar-refractivity contribution in [1.82, 2.24) is 0 Å². The van der Waals surface area contributed by atoms with Gasteiger partial charge in [0.15, 0.2) is 5.52 Å². The van der Waals surface area contributed by atoms with E-state index < -0.39 is 7.92 Å². The second-order valence-electron chi connectivity index (χ2n) is 5.88. The maximum absolute atomic E-state index is 13.2. The van der Waals surface area contributed by atoms with Crippen LogP contribution in [-0.2, 0) is 0 Å². The van der Waals surface area contributed by atoms with Crippen LogP contribution in [0.3, 0.4) is 0 Å². The molecule has 1 unspecified atom stereocenters. The summed E-state index contributed by atoms with van der Waals surface area (Å²) in [6, 6.07) is 14.4. The zero-order chi connectivity index (χ0) is 15.6. The molecule has 1 atom stereocenters. The summed E-state index contributed by atoms with van der Waals surface area (Å²) in [4.78, 5) is 13.2. The van der Waals surface area contributed by atoms with E-state index in [9.17, 15) is 4.79 Å². The Morgan fingerprint density at radius 1 is 0.952 bits per heavy atom. The predicted octanol–water partition coefficient (Wildman–Crippen LogP) is 4.97. The Kier molecular flexibility index (Phi) is 4.96. The van der Waals surface area contributed by atoms with E-state index in [0.29, 0.717) is 11.2 Å². The van der Waals surface area contributed by atoms with Crippen molar-refractivity contribution in [3.05, 3.63) is 64.7 Å². The van der Waals surface area contributed by atoms with Crippen LogP contribution in [0.2, 0.25) is 0 Å². The van der Waals surface area contributed by atoms with Crippen LogP contribution in [0, 0.1) is 20.8 Å². The van der Waals surface area contributed by atoms with Crippen molar-refractivity contribution >= 4 is 18.8 Å². The Labute approximate surface area is 129 Å². The Balaban J connectivity index is 2.50. The smallest absolute Gasteiger partial charge is 0.189 e. The van der Waals surface area contributed by atoms with Gasteiger partial charge in [0.25, 0.3) is 0 Å². The molecule has 2 rings (SSSR count). The van der Waals surface area contributed by atoms with Crippen molar-refractivity contribution in [2.75, 3.05) is 0 Å². The molecule has 21 heavy (non-hydrogen) atoms. The van der Waals surface area contributed by atoms with Gasteiger partial charge in [0.1, 0.15) is 0 Å². The highest BCUT2D eigenvalue weighted by molar-refractivity contribution is 7.82. The van der Waals surface area contributed by atoms with Crippen LogP contribution in [0.4, 0.5) is 0 Å². The number of hydrogen-bond donors (Lipinski definition) is 0. The van der Waals surface area contributed by atoms with E-state index in [4.69, 9.17) is 0 Å². The molecule has 2 aromatic carbocycles. The summed E-state index contributed by atoms with van der Waals surface area (Å²) in [6.07, 6.45) is 0. The zero-order valence-corrected chi connectivity index (χ0v) is 14.4. The summed E-state index contributed by atoms with van der Waals surface area (Å²) in [5.74, 6) is 0. The number of rotatable bonds is 4. The Hall–Kier alpha value is -1.46. The molecule has 0 saturated carbocycles. The fourth-order valence-corrected chi connectivity index (χ4v) is 5.26. The van der Waals surface area contributed by atoms with Crippen LogP contribution in [0.15, 0.2) is 42.5 Å². The van der Waals surface area contributed by atoms with Gasteiger partial charge >= 0.3 is 0 Å². The van der Waals surface area contributed by atoms with Gasteiger partial charge in [0.05, 0.1) is 0 Å². The highest BCUT2D eigenvalue weighted by Gasteiger charge is 2.27. The van der Waals surface area contributed by atoms with E-state index in [1.165, 1.54) is 10.9 Å². The van der Waals surface area contributed by atoms with Crippen LogP contribution in [0.25, 0.3) is 0 Å². The average molecular weight is 298 g/mol. The van der Waals surface area contributed by atoms with E-state index >= 15 is 0 Å². The summed E-state index contributed by atoms with van der Waals surface area (Å²) < 4.78 is 0. The van der Waals surface area contributed by atoms with Crippen LogP contribution in [0.1, 0.15) is 40.9 Å². The van der Waals surface area contributed by atoms with Crippen molar-refractivity contribution in [3.63, 3.8) is 0 Å². The Bertz CT molecular complexity index is 621. The van der Waals surface area contributed by atoms with E-state index in [1.807, 2.05) is 32.0 Å². The zero-order valence-electron chi connectivity index (χ0n) is 13.5. The summed E-state index contributed by atoms with van der Waals surface area (Å²) >= 11 is 0. The number of aryl methyl sites for hydroxylation is 3. The first-order chi connectivity index (χ1) is 9.91. The van der Waals surface area contributed by atoms with Crippen molar-refractivity contribution in [3.8, 4) is 0 Å². The van der Waals surface area contributed by atoms with Crippen LogP contribution < -0.4 is 5.30 Å². The molecular weight excluding hydrogens is 275 g/mol. The van der Waals surface area contributed by atoms with Crippen LogP contribution >= 0.6 is 7.92 Å². The fourth-order valence-electron chi connectivity index (χ4n) is 2.88.